The number of sulfonamides is 1. The molecule has 0 amide bonds. The van der Waals surface area contributed by atoms with Gasteiger partial charge in [-0.15, -0.1) is 11.3 Å². The highest BCUT2D eigenvalue weighted by atomic mass is 32.2. The summed E-state index contributed by atoms with van der Waals surface area (Å²) in [7, 11) is -2.02. The second-order valence-corrected chi connectivity index (χ2v) is 7.72. The zero-order valence-corrected chi connectivity index (χ0v) is 14.5. The van der Waals surface area contributed by atoms with Crippen LogP contribution in [0.25, 0.3) is 0 Å². The van der Waals surface area contributed by atoms with Gasteiger partial charge in [0.2, 0.25) is 10.0 Å². The van der Waals surface area contributed by atoms with Gasteiger partial charge in [0.1, 0.15) is 5.01 Å². The maximum atomic E-state index is 11.4. The molecule has 1 aromatic heterocycles. The number of rotatable bonds is 5. The molecule has 1 heterocycles. The number of aliphatic imine (C=N–C) groups is 1. The van der Waals surface area contributed by atoms with Crippen LogP contribution in [0.3, 0.4) is 0 Å². The minimum atomic E-state index is -3.69. The molecule has 0 atom stereocenters. The summed E-state index contributed by atoms with van der Waals surface area (Å²) >= 11 is 1.62. The predicted molar refractivity (Wildman–Crippen MR) is 91.7 cm³/mol. The third-order valence-electron chi connectivity index (χ3n) is 2.99. The average molecular weight is 353 g/mol. The summed E-state index contributed by atoms with van der Waals surface area (Å²) in [5.41, 5.74) is 0.796. The van der Waals surface area contributed by atoms with E-state index < -0.39 is 10.0 Å². The number of aryl methyl sites for hydroxylation is 1. The minimum Gasteiger partial charge on any atom is -0.352 e. The van der Waals surface area contributed by atoms with E-state index in [9.17, 15) is 8.42 Å². The number of nitrogens with one attached hydrogen (secondary N) is 2. The van der Waals surface area contributed by atoms with Gasteiger partial charge in [-0.1, -0.05) is 12.1 Å². The third-order valence-corrected chi connectivity index (χ3v) is 4.81. The number of primary sulfonamides is 1. The second-order valence-electron chi connectivity index (χ2n) is 4.84. The fourth-order valence-electron chi connectivity index (χ4n) is 1.88. The molecule has 0 saturated carbocycles. The van der Waals surface area contributed by atoms with Crippen molar-refractivity contribution >= 4 is 27.3 Å². The van der Waals surface area contributed by atoms with Crippen LogP contribution in [0, 0.1) is 6.92 Å². The van der Waals surface area contributed by atoms with Crippen molar-refractivity contribution in [1.29, 1.82) is 0 Å². The van der Waals surface area contributed by atoms with E-state index >= 15 is 0 Å². The summed E-state index contributed by atoms with van der Waals surface area (Å²) in [6.45, 7) is 3.02. The molecule has 124 valence electrons. The third kappa shape index (κ3) is 5.31. The molecule has 2 aromatic rings. The molecule has 7 nitrogen and oxygen atoms in total. The van der Waals surface area contributed by atoms with Gasteiger partial charge < -0.3 is 10.6 Å². The lowest BCUT2D eigenvalue weighted by atomic mass is 10.2. The lowest BCUT2D eigenvalue weighted by Gasteiger charge is -2.11. The van der Waals surface area contributed by atoms with Crippen molar-refractivity contribution in [2.24, 2.45) is 10.1 Å². The molecule has 23 heavy (non-hydrogen) atoms. The molecule has 0 spiro atoms. The van der Waals surface area contributed by atoms with Crippen LogP contribution in [0.15, 0.2) is 40.4 Å². The molecule has 4 N–H and O–H groups in total. The summed E-state index contributed by atoms with van der Waals surface area (Å²) in [4.78, 5) is 9.65. The number of aromatic nitrogens is 1. The molecule has 0 aliphatic rings. The number of benzene rings is 1. The van der Waals surface area contributed by atoms with Crippen LogP contribution in [-0.2, 0) is 23.1 Å². The van der Waals surface area contributed by atoms with E-state index in [4.69, 9.17) is 5.14 Å². The summed E-state index contributed by atoms with van der Waals surface area (Å²) in [5, 5.41) is 12.4. The predicted octanol–water partition coefficient (Wildman–Crippen LogP) is 0.964. The van der Waals surface area contributed by atoms with Gasteiger partial charge in [0.05, 0.1) is 11.4 Å². The van der Waals surface area contributed by atoms with Gasteiger partial charge in [-0.3, -0.25) is 4.99 Å². The molecule has 0 fully saturated rings. The Kier molecular flexibility index (Phi) is 5.69. The number of hydrogen-bond acceptors (Lipinski definition) is 5. The Hall–Kier alpha value is -1.97. The fraction of sp³-hybridized carbons (Fsp3) is 0.286. The van der Waals surface area contributed by atoms with Crippen molar-refractivity contribution in [3.05, 3.63) is 45.9 Å². The van der Waals surface area contributed by atoms with E-state index in [1.54, 1.807) is 30.5 Å². The maximum Gasteiger partial charge on any atom is 0.238 e. The monoisotopic (exact) mass is 353 g/mol. The minimum absolute atomic E-state index is 0.0954. The number of nitrogens with zero attached hydrogens (tertiary/aromatic N) is 2. The van der Waals surface area contributed by atoms with Crippen LogP contribution in [0.4, 0.5) is 0 Å². The van der Waals surface area contributed by atoms with Crippen molar-refractivity contribution in [2.75, 3.05) is 7.05 Å². The van der Waals surface area contributed by atoms with Gasteiger partial charge in [0.15, 0.2) is 5.96 Å². The van der Waals surface area contributed by atoms with Gasteiger partial charge in [-0.05, 0) is 24.6 Å². The Morgan fingerprint density at radius 2 is 2.09 bits per heavy atom. The Morgan fingerprint density at radius 3 is 2.70 bits per heavy atom. The van der Waals surface area contributed by atoms with Crippen LogP contribution in [0.2, 0.25) is 0 Å². The molecular formula is C14H19N5O2S2. The van der Waals surface area contributed by atoms with E-state index in [2.05, 4.69) is 20.6 Å². The van der Waals surface area contributed by atoms with Crippen LogP contribution in [0.5, 0.6) is 0 Å². The summed E-state index contributed by atoms with van der Waals surface area (Å²) in [6, 6.07) is 6.49. The smallest absolute Gasteiger partial charge is 0.238 e. The summed E-state index contributed by atoms with van der Waals surface area (Å²) in [5.74, 6) is 0.610. The van der Waals surface area contributed by atoms with Crippen molar-refractivity contribution in [2.45, 2.75) is 24.9 Å². The number of nitrogens with two attached hydrogens (primary N) is 1. The Labute approximate surface area is 139 Å². The van der Waals surface area contributed by atoms with Crippen molar-refractivity contribution in [3.63, 3.8) is 0 Å². The highest BCUT2D eigenvalue weighted by molar-refractivity contribution is 7.89. The quantitative estimate of drug-likeness (QED) is 0.548. The molecule has 0 radical (unpaired) electrons. The first-order valence-electron chi connectivity index (χ1n) is 6.86. The van der Waals surface area contributed by atoms with Gasteiger partial charge in [-0.2, -0.15) is 0 Å². The Balaban J connectivity index is 1.93. The normalized spacial score (nSPS) is 12.2. The first-order chi connectivity index (χ1) is 10.9. The van der Waals surface area contributed by atoms with E-state index in [-0.39, 0.29) is 4.90 Å². The van der Waals surface area contributed by atoms with Crippen molar-refractivity contribution < 1.29 is 8.42 Å². The Morgan fingerprint density at radius 1 is 1.35 bits per heavy atom. The van der Waals surface area contributed by atoms with Crippen LogP contribution < -0.4 is 15.8 Å². The maximum absolute atomic E-state index is 11.4. The highest BCUT2D eigenvalue weighted by Gasteiger charge is 2.08. The lowest BCUT2D eigenvalue weighted by molar-refractivity contribution is 0.597. The number of hydrogen-bond donors (Lipinski definition) is 3. The highest BCUT2D eigenvalue weighted by Crippen LogP contribution is 2.11. The lowest BCUT2D eigenvalue weighted by Crippen LogP contribution is -2.36. The number of thiazole rings is 1. The SMILES string of the molecule is CN=C(NCc1cccc(S(N)(=O)=O)c1)NCc1ncc(C)s1. The zero-order chi connectivity index (χ0) is 16.9. The zero-order valence-electron chi connectivity index (χ0n) is 12.9. The molecule has 0 bridgehead atoms. The largest absolute Gasteiger partial charge is 0.352 e. The topological polar surface area (TPSA) is 109 Å². The molecule has 0 unspecified atom stereocenters. The van der Waals surface area contributed by atoms with E-state index in [0.717, 1.165) is 15.4 Å². The first kappa shape index (κ1) is 17.4. The fourth-order valence-corrected chi connectivity index (χ4v) is 3.19. The summed E-state index contributed by atoms with van der Waals surface area (Å²) < 4.78 is 22.7. The van der Waals surface area contributed by atoms with Crippen molar-refractivity contribution in [3.8, 4) is 0 Å². The molecule has 9 heteroatoms. The molecule has 0 saturated heterocycles. The van der Waals surface area contributed by atoms with Crippen LogP contribution in [-0.4, -0.2) is 26.4 Å². The van der Waals surface area contributed by atoms with E-state index in [1.807, 2.05) is 19.2 Å². The molecular weight excluding hydrogens is 334 g/mol. The van der Waals surface area contributed by atoms with Gasteiger partial charge in [0, 0.05) is 24.7 Å². The molecule has 1 aromatic carbocycles. The Bertz CT molecular complexity index is 799. The number of guanidine groups is 1. The molecule has 2 rings (SSSR count). The van der Waals surface area contributed by atoms with Crippen LogP contribution in [0.1, 0.15) is 15.4 Å². The van der Waals surface area contributed by atoms with Crippen molar-refractivity contribution in [1.82, 2.24) is 15.6 Å². The van der Waals surface area contributed by atoms with E-state index in [1.165, 1.54) is 6.07 Å². The molecule has 0 aliphatic carbocycles. The van der Waals surface area contributed by atoms with Gasteiger partial charge in [0.25, 0.3) is 0 Å². The summed E-state index contributed by atoms with van der Waals surface area (Å²) in [6.07, 6.45) is 1.83. The van der Waals surface area contributed by atoms with Crippen LogP contribution >= 0.6 is 11.3 Å². The van der Waals surface area contributed by atoms with Gasteiger partial charge >= 0.3 is 0 Å². The first-order valence-corrected chi connectivity index (χ1v) is 9.22. The average Bonchev–Trinajstić information content (AvgIpc) is 2.92. The molecule has 0 aliphatic heterocycles. The second kappa shape index (κ2) is 7.53. The standard InChI is InChI=1S/C14H19N5O2S2/c1-10-7-17-13(22-10)9-19-14(16-2)18-8-11-4-3-5-12(6-11)23(15,20)21/h3-7H,8-9H2,1-2H3,(H2,15,20,21)(H2,16,18,19). The van der Waals surface area contributed by atoms with Gasteiger partial charge in [-0.25, -0.2) is 18.5 Å². The van der Waals surface area contributed by atoms with E-state index in [0.29, 0.717) is 19.0 Å².